The predicted molar refractivity (Wildman–Crippen MR) is 29.1 cm³/mol. The van der Waals surface area contributed by atoms with Gasteiger partial charge >= 0.3 is 64.9 Å². The van der Waals surface area contributed by atoms with Gasteiger partial charge in [0.2, 0.25) is 0 Å². The standard InChI is InChI=1S/C5H4NO2.16W/c1-2-5(8)4(6)3-7;;;;;;;;;;;;;;;;/h8H,1H3;;;;;;;;;;;;;;;;/q-3;;;;;;;;;;;;;;;;. The summed E-state index contributed by atoms with van der Waals surface area (Å²) in [4.78, 5) is 9.47. The van der Waals surface area contributed by atoms with Crippen molar-refractivity contribution in [2.45, 2.75) is 6.92 Å². The van der Waals surface area contributed by atoms with Gasteiger partial charge in [-0.3, -0.25) is 0 Å². The number of hydrogen-bond donors (Lipinski definition) is 1. The van der Waals surface area contributed by atoms with E-state index < -0.39 is 11.5 Å². The zero-order valence-electron chi connectivity index (χ0n) is 10.8. The Labute approximate surface area is 354 Å². The van der Waals surface area contributed by atoms with Crippen molar-refractivity contribution in [3.05, 3.63) is 17.2 Å². The maximum absolute atomic E-state index is 9.47. The normalized spacial score (nSPS) is 3.96. The fraction of sp³-hybridized carbons (Fsp3) is 0.200. The van der Waals surface area contributed by atoms with E-state index in [0.717, 1.165) is 6.29 Å². The van der Waals surface area contributed by atoms with Gasteiger partial charge in [0, 0.05) is 253 Å². The Hall–Kier alpha value is 9.89. The first-order valence-electron chi connectivity index (χ1n) is 2.23. The van der Waals surface area contributed by atoms with E-state index >= 15 is 0 Å². The number of hydrogen-bond acceptors (Lipinski definition) is 2. The van der Waals surface area contributed by atoms with E-state index in [4.69, 9.17) is 10.5 Å². The van der Waals surface area contributed by atoms with Crippen molar-refractivity contribution in [2.24, 2.45) is 0 Å². The number of carbonyl (C=O) groups excluding carboxylic acids is 1. The Morgan fingerprint density at radius 3 is 0.917 bits per heavy atom. The van der Waals surface area contributed by atoms with Crippen molar-refractivity contribution in [3.8, 4) is 0 Å². The quantitative estimate of drug-likeness (QED) is 0.247. The van der Waals surface area contributed by atoms with Crippen LogP contribution in [0.25, 0.3) is 5.41 Å². The molecule has 0 saturated heterocycles. The molecule has 0 saturated carbocycles. The fourth-order valence-corrected chi connectivity index (χ4v) is 0.167. The molecular weight excluding hydrogens is 3050 g/mol. The molecule has 0 aliphatic heterocycles. The molecule has 0 bridgehead atoms. The Morgan fingerprint density at radius 1 is 0.708 bits per heavy atom. The molecule has 0 aromatic carbocycles. The van der Waals surface area contributed by atoms with Crippen molar-refractivity contribution in [2.75, 3.05) is 0 Å². The minimum atomic E-state index is -0.812. The van der Waals surface area contributed by atoms with Crippen molar-refractivity contribution in [3.63, 3.8) is 0 Å². The van der Waals surface area contributed by atoms with E-state index in [1.807, 2.05) is 0 Å². The van der Waals surface area contributed by atoms with Crippen LogP contribution in [0.15, 0.2) is 5.76 Å². The second-order valence-corrected chi connectivity index (χ2v) is 1.05. The second-order valence-electron chi connectivity index (χ2n) is 1.05. The molecule has 0 aliphatic carbocycles. The van der Waals surface area contributed by atoms with Gasteiger partial charge in [0.05, 0.1) is 0 Å². The number of rotatable bonds is 2. The molecule has 0 unspecified atom stereocenters. The first-order valence-corrected chi connectivity index (χ1v) is 24.2. The van der Waals surface area contributed by atoms with E-state index in [1.54, 1.807) is 64.9 Å². The molecule has 0 amide bonds. The first-order chi connectivity index (χ1) is 5.72. The van der Waals surface area contributed by atoms with E-state index in [-0.39, 0.29) is 253 Å². The van der Waals surface area contributed by atoms with Crippen LogP contribution in [-0.4, -0.2) is 17.1 Å². The summed E-state index contributed by atoms with van der Waals surface area (Å²) in [6.45, 7) is 1.36. The summed E-state index contributed by atoms with van der Waals surface area (Å²) < 4.78 is 0. The van der Waals surface area contributed by atoms with Gasteiger partial charge in [-0.05, 0) is 0 Å². The SMILES string of the molecule is C[C-]=C(O)C(=[N-])[C-]=O.[W].[W].[W].[W].[W].[W].[W].[W].[W].[W].[W].[W].[W]=[W].[W]=[W]. The molecule has 0 aromatic heterocycles. The summed E-state index contributed by atoms with van der Waals surface area (Å²) in [6, 6.07) is 0. The van der Waals surface area contributed by atoms with Gasteiger partial charge in [-0.15, -0.1) is 13.2 Å². The Kier molecular flexibility index (Phi) is 447. The third-order valence-corrected chi connectivity index (χ3v) is 0.558. The molecule has 0 radical (unpaired) electrons. The van der Waals surface area contributed by atoms with Gasteiger partial charge in [-0.25, -0.2) is 5.76 Å². The fourth-order valence-electron chi connectivity index (χ4n) is 0.167. The van der Waals surface area contributed by atoms with Crippen LogP contribution in [0.2, 0.25) is 0 Å². The summed E-state index contributed by atoms with van der Waals surface area (Å²) in [5.41, 5.74) is -0.812. The van der Waals surface area contributed by atoms with Crippen LogP contribution >= 0.6 is 0 Å². The molecule has 0 spiro atoms. The molecule has 0 atom stereocenters. The molecule has 0 rings (SSSR count). The second kappa shape index (κ2) is 105. The summed E-state index contributed by atoms with van der Waals surface area (Å²) in [5, 5.41) is 16.7. The molecule has 140 valence electrons. The van der Waals surface area contributed by atoms with Crippen molar-refractivity contribution < 1.29 is 328 Å². The van der Waals surface area contributed by atoms with Crippen molar-refractivity contribution in [1.82, 2.24) is 0 Å². The minimum absolute atomic E-state index is 0. The van der Waals surface area contributed by atoms with Crippen LogP contribution in [0.1, 0.15) is 6.92 Å². The molecule has 1 N–H and O–H groups in total. The number of aliphatic hydroxyl groups excluding tert-OH is 1. The molecule has 0 fully saturated rings. The van der Waals surface area contributed by atoms with Crippen LogP contribution in [0.4, 0.5) is 0 Å². The van der Waals surface area contributed by atoms with Crippen LogP contribution in [0.3, 0.4) is 0 Å². The number of nitrogens with zero attached hydrogens (tertiary/aromatic N) is 1. The van der Waals surface area contributed by atoms with E-state index in [9.17, 15) is 4.79 Å². The summed E-state index contributed by atoms with van der Waals surface area (Å²) >= 11 is 6.67. The zero-order chi connectivity index (χ0) is 10.6. The molecular formula is C5H4NO2W16-3. The molecule has 24 heavy (non-hydrogen) atoms. The summed E-state index contributed by atoms with van der Waals surface area (Å²) in [7, 11) is 0. The Morgan fingerprint density at radius 2 is 0.875 bits per heavy atom. The average Bonchev–Trinajstić information content (AvgIpc) is 2.21. The maximum atomic E-state index is 9.47. The molecule has 19 heteroatoms. The molecule has 0 heterocycles. The Bertz CT molecular complexity index is 180. The third-order valence-electron chi connectivity index (χ3n) is 0.558. The first kappa shape index (κ1) is 103. The monoisotopic (exact) mass is 3050 g/mol. The van der Waals surface area contributed by atoms with Gasteiger partial charge in [0.15, 0.2) is 0 Å². The van der Waals surface area contributed by atoms with Gasteiger partial charge in [0.25, 0.3) is 0 Å². The van der Waals surface area contributed by atoms with E-state index in [1.165, 1.54) is 6.92 Å². The van der Waals surface area contributed by atoms with Gasteiger partial charge in [-0.1, -0.05) is 0 Å². The molecule has 3 nitrogen and oxygen atoms in total. The summed E-state index contributed by atoms with van der Waals surface area (Å²) in [5.74, 6) is -0.569. The van der Waals surface area contributed by atoms with Crippen molar-refractivity contribution >= 4 is 12.0 Å². The van der Waals surface area contributed by atoms with Gasteiger partial charge in [0.1, 0.15) is 0 Å². The zero-order valence-corrected chi connectivity index (χ0v) is 57.8. The molecule has 0 aliphatic rings. The average molecular weight is 3050 g/mol. The van der Waals surface area contributed by atoms with Crippen LogP contribution in [0.5, 0.6) is 0 Å². The molecule has 0 aromatic rings. The summed E-state index contributed by atoms with van der Waals surface area (Å²) in [6.07, 6.45) is 3.23. The van der Waals surface area contributed by atoms with Gasteiger partial charge in [-0.2, -0.15) is 0 Å². The van der Waals surface area contributed by atoms with E-state index in [0.29, 0.717) is 0 Å². The number of allylic oxidation sites excluding steroid dienone is 2. The van der Waals surface area contributed by atoms with Crippen LogP contribution in [0, 0.1) is 6.08 Å². The van der Waals surface area contributed by atoms with E-state index in [2.05, 4.69) is 6.08 Å². The third kappa shape index (κ3) is 95.1. The van der Waals surface area contributed by atoms with Gasteiger partial charge < -0.3 is 27.1 Å². The predicted octanol–water partition coefficient (Wildman–Crippen LogP) is 0.331. The van der Waals surface area contributed by atoms with Crippen molar-refractivity contribution in [1.29, 1.82) is 0 Å². The Balaban J connectivity index is -0.00000000366. The topological polar surface area (TPSA) is 59.6 Å². The van der Waals surface area contributed by atoms with Crippen LogP contribution in [-0.2, 0) is 322 Å². The van der Waals surface area contributed by atoms with Crippen LogP contribution < -0.4 is 0 Å². The number of aliphatic hydroxyl groups is 1.